The van der Waals surface area contributed by atoms with Crippen molar-refractivity contribution in [2.45, 2.75) is 25.9 Å². The molecule has 1 N–H and O–H groups in total. The predicted molar refractivity (Wildman–Crippen MR) is 85.7 cm³/mol. The Labute approximate surface area is 142 Å². The molecule has 8 heteroatoms. The first kappa shape index (κ1) is 17.6. The van der Waals surface area contributed by atoms with Gasteiger partial charge in [-0.3, -0.25) is 9.78 Å². The Morgan fingerprint density at radius 1 is 1.36 bits per heavy atom. The summed E-state index contributed by atoms with van der Waals surface area (Å²) in [4.78, 5) is 16.2. The van der Waals surface area contributed by atoms with Crippen molar-refractivity contribution in [1.29, 1.82) is 0 Å². The van der Waals surface area contributed by atoms with Gasteiger partial charge in [-0.2, -0.15) is 13.2 Å². The third kappa shape index (κ3) is 3.75. The molecule has 130 valence electrons. The first-order valence-corrected chi connectivity index (χ1v) is 7.74. The van der Waals surface area contributed by atoms with E-state index in [2.05, 4.69) is 4.98 Å². The summed E-state index contributed by atoms with van der Waals surface area (Å²) >= 11 is 0. The molecule has 1 aromatic heterocycles. The van der Waals surface area contributed by atoms with E-state index in [1.165, 1.54) is 6.92 Å². The van der Waals surface area contributed by atoms with Gasteiger partial charge in [0.15, 0.2) is 5.78 Å². The third-order valence-corrected chi connectivity index (χ3v) is 4.13. The standard InChI is InChI=1S/C17H15BF3NO3/c1-10-6-14(17(19,20)21)13(9-22-10)16(23)8-11-2-3-12-4-5-25-18(24)15(12)7-11/h2-3,6-7,9,24H,4-5,8H2,1H3. The first-order valence-electron chi connectivity index (χ1n) is 7.74. The minimum Gasteiger partial charge on any atom is -0.423 e. The number of carbonyl (C=O) groups excluding carboxylic acids is 1. The maximum atomic E-state index is 13.2. The highest BCUT2D eigenvalue weighted by atomic mass is 19.4. The average molecular weight is 349 g/mol. The van der Waals surface area contributed by atoms with E-state index in [0.29, 0.717) is 24.1 Å². The SMILES string of the molecule is Cc1cc(C(F)(F)F)c(C(=O)Cc2ccc3c(c2)B(O)OCC3)cn1. The number of carbonyl (C=O) groups is 1. The number of ketones is 1. The molecule has 0 unspecified atom stereocenters. The Morgan fingerprint density at radius 2 is 2.12 bits per heavy atom. The number of pyridine rings is 1. The largest absolute Gasteiger partial charge is 0.491 e. The van der Waals surface area contributed by atoms with Crippen molar-refractivity contribution in [2.24, 2.45) is 0 Å². The number of rotatable bonds is 3. The van der Waals surface area contributed by atoms with Gasteiger partial charge in [-0.15, -0.1) is 0 Å². The fraction of sp³-hybridized carbons (Fsp3) is 0.294. The van der Waals surface area contributed by atoms with Crippen molar-refractivity contribution in [3.8, 4) is 0 Å². The van der Waals surface area contributed by atoms with Gasteiger partial charge in [0.2, 0.25) is 0 Å². The zero-order valence-electron chi connectivity index (χ0n) is 13.4. The lowest BCUT2D eigenvalue weighted by atomic mass is 9.72. The summed E-state index contributed by atoms with van der Waals surface area (Å²) in [5.74, 6) is -0.675. The molecule has 0 amide bonds. The highest BCUT2D eigenvalue weighted by molar-refractivity contribution is 6.60. The van der Waals surface area contributed by atoms with Crippen molar-refractivity contribution >= 4 is 18.4 Å². The molecule has 1 aromatic carbocycles. The minimum absolute atomic E-state index is 0.193. The molecule has 0 fully saturated rings. The number of benzene rings is 1. The van der Waals surface area contributed by atoms with Crippen molar-refractivity contribution < 1.29 is 27.6 Å². The van der Waals surface area contributed by atoms with Crippen LogP contribution in [0.3, 0.4) is 0 Å². The number of Topliss-reactive ketones (excluding diaryl/α,β-unsaturated/α-hetero) is 1. The number of nitrogens with zero attached hydrogens (tertiary/aromatic N) is 1. The Morgan fingerprint density at radius 3 is 2.84 bits per heavy atom. The van der Waals surface area contributed by atoms with Gasteiger partial charge in [-0.1, -0.05) is 18.2 Å². The lowest BCUT2D eigenvalue weighted by molar-refractivity contribution is -0.138. The molecule has 0 bridgehead atoms. The number of aryl methyl sites for hydroxylation is 1. The molecule has 0 saturated heterocycles. The molecule has 0 radical (unpaired) electrons. The highest BCUT2D eigenvalue weighted by Gasteiger charge is 2.35. The molecule has 4 nitrogen and oxygen atoms in total. The summed E-state index contributed by atoms with van der Waals surface area (Å²) in [6, 6.07) is 5.93. The average Bonchev–Trinajstić information content (AvgIpc) is 2.54. The van der Waals surface area contributed by atoms with E-state index in [0.717, 1.165) is 17.8 Å². The van der Waals surface area contributed by atoms with Gasteiger partial charge in [-0.25, -0.2) is 0 Å². The fourth-order valence-corrected chi connectivity index (χ4v) is 2.88. The van der Waals surface area contributed by atoms with Crippen LogP contribution in [0.5, 0.6) is 0 Å². The van der Waals surface area contributed by atoms with Crippen LogP contribution in [0, 0.1) is 6.92 Å². The summed E-state index contributed by atoms with van der Waals surface area (Å²) in [5, 5.41) is 9.85. The third-order valence-electron chi connectivity index (χ3n) is 4.13. The number of halogens is 3. The number of fused-ring (bicyclic) bond motifs is 1. The van der Waals surface area contributed by atoms with E-state index in [4.69, 9.17) is 4.65 Å². The van der Waals surface area contributed by atoms with E-state index in [-0.39, 0.29) is 12.1 Å². The maximum absolute atomic E-state index is 13.2. The van der Waals surface area contributed by atoms with Crippen molar-refractivity contribution in [1.82, 2.24) is 4.98 Å². The Hall–Kier alpha value is -2.19. The summed E-state index contributed by atoms with van der Waals surface area (Å²) in [5.41, 5.74) is 0.733. The van der Waals surface area contributed by atoms with Gasteiger partial charge in [-0.05, 0) is 36.0 Å². The quantitative estimate of drug-likeness (QED) is 0.681. The predicted octanol–water partition coefficient (Wildman–Crippen LogP) is 2.09. The van der Waals surface area contributed by atoms with Crippen LogP contribution in [0.15, 0.2) is 30.5 Å². The van der Waals surface area contributed by atoms with Crippen LogP contribution < -0.4 is 5.46 Å². The molecule has 25 heavy (non-hydrogen) atoms. The second-order valence-corrected chi connectivity index (χ2v) is 5.98. The van der Waals surface area contributed by atoms with Gasteiger partial charge >= 0.3 is 13.3 Å². The maximum Gasteiger partial charge on any atom is 0.491 e. The summed E-state index contributed by atoms with van der Waals surface area (Å²) in [7, 11) is -1.08. The second kappa shape index (κ2) is 6.61. The molecule has 0 saturated carbocycles. The van der Waals surface area contributed by atoms with Crippen LogP contribution in [0.1, 0.15) is 32.7 Å². The Bertz CT molecular complexity index is 823. The Balaban J connectivity index is 1.90. The van der Waals surface area contributed by atoms with Crippen molar-refractivity contribution in [2.75, 3.05) is 6.61 Å². The number of hydrogen-bond donors (Lipinski definition) is 1. The molecule has 1 aliphatic rings. The van der Waals surface area contributed by atoms with Crippen LogP contribution >= 0.6 is 0 Å². The van der Waals surface area contributed by atoms with Gasteiger partial charge in [0.25, 0.3) is 0 Å². The fourth-order valence-electron chi connectivity index (χ4n) is 2.88. The van der Waals surface area contributed by atoms with E-state index in [1.54, 1.807) is 18.2 Å². The van der Waals surface area contributed by atoms with E-state index >= 15 is 0 Å². The zero-order valence-corrected chi connectivity index (χ0v) is 13.4. The summed E-state index contributed by atoms with van der Waals surface area (Å²) < 4.78 is 44.7. The number of alkyl halides is 3. The van der Waals surface area contributed by atoms with Crippen molar-refractivity contribution in [3.05, 3.63) is 58.4 Å². The van der Waals surface area contributed by atoms with Gasteiger partial charge in [0.1, 0.15) is 0 Å². The molecule has 3 rings (SSSR count). The lowest BCUT2D eigenvalue weighted by Crippen LogP contribution is -2.41. The van der Waals surface area contributed by atoms with Crippen LogP contribution in [0.4, 0.5) is 13.2 Å². The van der Waals surface area contributed by atoms with E-state index in [9.17, 15) is 23.0 Å². The normalized spacial score (nSPS) is 14.4. The molecular weight excluding hydrogens is 334 g/mol. The van der Waals surface area contributed by atoms with Crippen LogP contribution in [0.25, 0.3) is 0 Å². The zero-order chi connectivity index (χ0) is 18.2. The van der Waals surface area contributed by atoms with E-state index in [1.807, 2.05) is 0 Å². The van der Waals surface area contributed by atoms with E-state index < -0.39 is 30.2 Å². The summed E-state index contributed by atoms with van der Waals surface area (Å²) in [6.07, 6.45) is -3.23. The highest BCUT2D eigenvalue weighted by Crippen LogP contribution is 2.32. The van der Waals surface area contributed by atoms with Crippen LogP contribution in [-0.2, 0) is 23.7 Å². The van der Waals surface area contributed by atoms with Gasteiger partial charge in [0.05, 0.1) is 5.56 Å². The van der Waals surface area contributed by atoms with Crippen molar-refractivity contribution in [3.63, 3.8) is 0 Å². The van der Waals surface area contributed by atoms with Gasteiger partial charge < -0.3 is 9.68 Å². The molecule has 0 atom stereocenters. The Kier molecular flexibility index (Phi) is 4.66. The smallest absolute Gasteiger partial charge is 0.423 e. The topological polar surface area (TPSA) is 59.4 Å². The minimum atomic E-state index is -4.63. The lowest BCUT2D eigenvalue weighted by Gasteiger charge is -2.19. The molecular formula is C17H15BF3NO3. The first-order chi connectivity index (χ1) is 11.8. The molecule has 0 spiro atoms. The van der Waals surface area contributed by atoms with Crippen LogP contribution in [-0.4, -0.2) is 29.5 Å². The monoisotopic (exact) mass is 349 g/mol. The summed E-state index contributed by atoms with van der Waals surface area (Å²) in [6.45, 7) is 1.84. The molecule has 1 aliphatic heterocycles. The number of aromatic nitrogens is 1. The van der Waals surface area contributed by atoms with Gasteiger partial charge in [0, 0.05) is 30.5 Å². The van der Waals surface area contributed by atoms with Crippen LogP contribution in [0.2, 0.25) is 0 Å². The molecule has 2 aromatic rings. The molecule has 2 heterocycles. The molecule has 0 aliphatic carbocycles. The number of hydrogen-bond acceptors (Lipinski definition) is 4. The second-order valence-electron chi connectivity index (χ2n) is 5.98.